The van der Waals surface area contributed by atoms with E-state index >= 15 is 4.39 Å². The number of aromatic nitrogens is 1. The van der Waals surface area contributed by atoms with Crippen molar-refractivity contribution in [1.82, 2.24) is 15.6 Å². The summed E-state index contributed by atoms with van der Waals surface area (Å²) in [7, 11) is 1.53. The Labute approximate surface area is 257 Å². The summed E-state index contributed by atoms with van der Waals surface area (Å²) in [5.41, 5.74) is 0.777. The molecular formula is C32H31ClF2N4O5. The predicted molar refractivity (Wildman–Crippen MR) is 163 cm³/mol. The van der Waals surface area contributed by atoms with E-state index in [1.54, 1.807) is 18.2 Å². The molecule has 3 aromatic carbocycles. The minimum Gasteiger partial charge on any atom is -0.491 e. The SMILES string of the molecule is COc1c(OCC2CCNCC2)ccc2c(Oc3ccc(NC(=O)C(=O)NCCc4c(F)cccc4Cl)cc3F)ccnc12. The van der Waals surface area contributed by atoms with Crippen molar-refractivity contribution in [3.63, 3.8) is 0 Å². The zero-order valence-electron chi connectivity index (χ0n) is 23.9. The van der Waals surface area contributed by atoms with Gasteiger partial charge in [0.15, 0.2) is 23.1 Å². The monoisotopic (exact) mass is 624 g/mol. The molecule has 230 valence electrons. The van der Waals surface area contributed by atoms with Crippen LogP contribution in [0.5, 0.6) is 23.0 Å². The molecule has 0 bridgehead atoms. The summed E-state index contributed by atoms with van der Waals surface area (Å²) in [6.45, 7) is 2.49. The maximum atomic E-state index is 15.1. The van der Waals surface area contributed by atoms with Crippen molar-refractivity contribution < 1.29 is 32.6 Å². The Morgan fingerprint density at radius 1 is 1.00 bits per heavy atom. The molecule has 2 amide bonds. The van der Waals surface area contributed by atoms with Gasteiger partial charge in [0.2, 0.25) is 0 Å². The number of hydrogen-bond acceptors (Lipinski definition) is 7. The molecule has 0 radical (unpaired) electrons. The number of pyridine rings is 1. The van der Waals surface area contributed by atoms with Gasteiger partial charge in [-0.2, -0.15) is 0 Å². The highest BCUT2D eigenvalue weighted by molar-refractivity contribution is 6.39. The molecule has 0 unspecified atom stereocenters. The summed E-state index contributed by atoms with van der Waals surface area (Å²) >= 11 is 5.98. The number of halogens is 3. The van der Waals surface area contributed by atoms with Crippen molar-refractivity contribution in [2.24, 2.45) is 5.92 Å². The summed E-state index contributed by atoms with van der Waals surface area (Å²) in [4.78, 5) is 29.0. The Kier molecular flexibility index (Phi) is 10.1. The number of amides is 2. The fourth-order valence-corrected chi connectivity index (χ4v) is 5.18. The molecule has 1 aromatic heterocycles. The lowest BCUT2D eigenvalue weighted by Gasteiger charge is -2.23. The second-order valence-corrected chi connectivity index (χ2v) is 10.6. The van der Waals surface area contributed by atoms with Gasteiger partial charge in [0.25, 0.3) is 0 Å². The number of nitrogens with one attached hydrogen (secondary N) is 3. The highest BCUT2D eigenvalue weighted by atomic mass is 35.5. The number of fused-ring (bicyclic) bond motifs is 1. The van der Waals surface area contributed by atoms with Gasteiger partial charge in [0.1, 0.15) is 17.1 Å². The number of carbonyl (C=O) groups is 2. The van der Waals surface area contributed by atoms with E-state index in [1.807, 2.05) is 0 Å². The van der Waals surface area contributed by atoms with E-state index < -0.39 is 23.4 Å². The number of hydrogen-bond donors (Lipinski definition) is 3. The van der Waals surface area contributed by atoms with Gasteiger partial charge in [-0.1, -0.05) is 17.7 Å². The quantitative estimate of drug-likeness (QED) is 0.196. The van der Waals surface area contributed by atoms with Crippen LogP contribution in [-0.4, -0.2) is 50.1 Å². The third kappa shape index (κ3) is 7.35. The van der Waals surface area contributed by atoms with Crippen LogP contribution in [0, 0.1) is 17.6 Å². The van der Waals surface area contributed by atoms with E-state index in [2.05, 4.69) is 20.9 Å². The number of methoxy groups -OCH3 is 1. The smallest absolute Gasteiger partial charge is 0.313 e. The lowest BCUT2D eigenvalue weighted by Crippen LogP contribution is -2.36. The molecule has 44 heavy (non-hydrogen) atoms. The topological polar surface area (TPSA) is 111 Å². The molecule has 1 saturated heterocycles. The molecule has 0 atom stereocenters. The molecular weight excluding hydrogens is 594 g/mol. The van der Waals surface area contributed by atoms with Gasteiger partial charge in [0, 0.05) is 40.5 Å². The first-order valence-corrected chi connectivity index (χ1v) is 14.5. The first-order valence-electron chi connectivity index (χ1n) is 14.1. The van der Waals surface area contributed by atoms with Crippen LogP contribution >= 0.6 is 11.6 Å². The maximum Gasteiger partial charge on any atom is 0.313 e. The fraction of sp³-hybridized carbons (Fsp3) is 0.281. The number of carbonyl (C=O) groups excluding carboxylic acids is 2. The average Bonchev–Trinajstić information content (AvgIpc) is 3.02. The van der Waals surface area contributed by atoms with Gasteiger partial charge in [-0.15, -0.1) is 0 Å². The van der Waals surface area contributed by atoms with Crippen molar-refractivity contribution >= 4 is 40.0 Å². The average molecular weight is 625 g/mol. The summed E-state index contributed by atoms with van der Waals surface area (Å²) < 4.78 is 46.6. The molecule has 0 aliphatic carbocycles. The summed E-state index contributed by atoms with van der Waals surface area (Å²) in [5.74, 6) is -1.54. The first kappa shape index (κ1) is 31.0. The molecule has 1 aliphatic heterocycles. The minimum absolute atomic E-state index is 0.0232. The number of rotatable bonds is 10. The summed E-state index contributed by atoms with van der Waals surface area (Å²) in [5, 5.41) is 8.89. The second-order valence-electron chi connectivity index (χ2n) is 10.2. The number of ether oxygens (including phenoxy) is 3. The summed E-state index contributed by atoms with van der Waals surface area (Å²) in [6, 6.07) is 13.2. The lowest BCUT2D eigenvalue weighted by molar-refractivity contribution is -0.136. The van der Waals surface area contributed by atoms with Crippen LogP contribution in [0.15, 0.2) is 60.8 Å². The Morgan fingerprint density at radius 2 is 1.80 bits per heavy atom. The Bertz CT molecular complexity index is 1650. The fourth-order valence-electron chi connectivity index (χ4n) is 4.93. The van der Waals surface area contributed by atoms with Crippen LogP contribution in [-0.2, 0) is 16.0 Å². The summed E-state index contributed by atoms with van der Waals surface area (Å²) in [6.07, 6.45) is 3.70. The van der Waals surface area contributed by atoms with Gasteiger partial charge < -0.3 is 30.2 Å². The molecule has 1 aliphatic rings. The third-order valence-electron chi connectivity index (χ3n) is 7.27. The van der Waals surface area contributed by atoms with Gasteiger partial charge in [-0.3, -0.25) is 14.6 Å². The Balaban J connectivity index is 1.22. The van der Waals surface area contributed by atoms with Crippen LogP contribution in [0.3, 0.4) is 0 Å². The lowest BCUT2D eigenvalue weighted by atomic mass is 9.99. The van der Waals surface area contributed by atoms with Gasteiger partial charge >= 0.3 is 11.8 Å². The largest absolute Gasteiger partial charge is 0.491 e. The van der Waals surface area contributed by atoms with Crippen LogP contribution < -0.4 is 30.2 Å². The number of nitrogens with zero attached hydrogens (tertiary/aromatic N) is 1. The maximum absolute atomic E-state index is 15.1. The molecule has 3 N–H and O–H groups in total. The van der Waals surface area contributed by atoms with Crippen molar-refractivity contribution in [2.75, 3.05) is 38.7 Å². The second kappa shape index (κ2) is 14.3. The Hall–Kier alpha value is -4.48. The van der Waals surface area contributed by atoms with Crippen molar-refractivity contribution in [1.29, 1.82) is 0 Å². The van der Waals surface area contributed by atoms with E-state index in [-0.39, 0.29) is 35.0 Å². The number of benzene rings is 3. The number of anilines is 1. The highest BCUT2D eigenvalue weighted by Crippen LogP contribution is 2.40. The molecule has 9 nitrogen and oxygen atoms in total. The third-order valence-corrected chi connectivity index (χ3v) is 7.62. The van der Waals surface area contributed by atoms with E-state index in [0.717, 1.165) is 32.0 Å². The predicted octanol–water partition coefficient (Wildman–Crippen LogP) is 5.64. The van der Waals surface area contributed by atoms with Gasteiger partial charge in [-0.05, 0) is 80.7 Å². The molecule has 0 spiro atoms. The molecule has 2 heterocycles. The molecule has 1 fully saturated rings. The van der Waals surface area contributed by atoms with Crippen molar-refractivity contribution in [3.8, 4) is 23.0 Å². The normalized spacial score (nSPS) is 13.4. The Morgan fingerprint density at radius 3 is 2.55 bits per heavy atom. The van der Waals surface area contributed by atoms with Crippen LogP contribution in [0.25, 0.3) is 10.9 Å². The van der Waals surface area contributed by atoms with Gasteiger partial charge in [-0.25, -0.2) is 8.78 Å². The van der Waals surface area contributed by atoms with E-state index in [1.165, 1.54) is 43.6 Å². The van der Waals surface area contributed by atoms with Crippen LogP contribution in [0.2, 0.25) is 5.02 Å². The van der Waals surface area contributed by atoms with Crippen LogP contribution in [0.1, 0.15) is 18.4 Å². The first-order chi connectivity index (χ1) is 21.3. The van der Waals surface area contributed by atoms with Gasteiger partial charge in [0.05, 0.1) is 13.7 Å². The molecule has 5 rings (SSSR count). The van der Waals surface area contributed by atoms with E-state index in [4.69, 9.17) is 25.8 Å². The van der Waals surface area contributed by atoms with E-state index in [9.17, 15) is 14.0 Å². The molecule has 12 heteroatoms. The van der Waals surface area contributed by atoms with Crippen molar-refractivity contribution in [2.45, 2.75) is 19.3 Å². The van der Waals surface area contributed by atoms with Crippen molar-refractivity contribution in [3.05, 3.63) is 83.0 Å². The standard InChI is InChI=1S/C32H31ClF2N4O5/c1-42-30-28(43-18-19-9-13-36-14-10-19)8-6-22-26(12-16-37-29(22)30)44-27-7-5-20(17-25(27)35)39-32(41)31(40)38-15-11-21-23(33)3-2-4-24(21)34/h2-8,12,16-17,19,36H,9-11,13-15,18H2,1H3,(H,38,40)(H,39,41). The molecule has 0 saturated carbocycles. The minimum atomic E-state index is -1.01. The highest BCUT2D eigenvalue weighted by Gasteiger charge is 2.19. The number of piperidine rings is 1. The molecule has 4 aromatic rings. The zero-order valence-corrected chi connectivity index (χ0v) is 24.7. The zero-order chi connectivity index (χ0) is 31.1. The van der Waals surface area contributed by atoms with E-state index in [0.29, 0.717) is 40.7 Å². The van der Waals surface area contributed by atoms with Crippen LogP contribution in [0.4, 0.5) is 14.5 Å².